The monoisotopic (exact) mass is 445 g/mol. The van der Waals surface area contributed by atoms with E-state index in [0.717, 1.165) is 25.9 Å². The summed E-state index contributed by atoms with van der Waals surface area (Å²) in [5, 5.41) is 0. The average molecular weight is 446 g/mol. The zero-order valence-corrected chi connectivity index (χ0v) is 18.5. The highest BCUT2D eigenvalue weighted by Gasteiger charge is 2.36. The van der Waals surface area contributed by atoms with Crippen molar-refractivity contribution < 1.29 is 19.2 Å². The first-order chi connectivity index (χ1) is 16.1. The van der Waals surface area contributed by atoms with Gasteiger partial charge in [-0.25, -0.2) is 0 Å². The normalized spacial score (nSPS) is 17.7. The van der Waals surface area contributed by atoms with Gasteiger partial charge in [0.15, 0.2) is 0 Å². The van der Waals surface area contributed by atoms with Gasteiger partial charge in [-0.2, -0.15) is 0 Å². The van der Waals surface area contributed by atoms with Crippen LogP contribution in [0, 0.1) is 0 Å². The molecule has 0 aromatic heterocycles. The Bertz CT molecular complexity index is 973. The van der Waals surface area contributed by atoms with Crippen LogP contribution in [0.25, 0.3) is 0 Å². The highest BCUT2D eigenvalue weighted by Crippen LogP contribution is 2.27. The van der Waals surface area contributed by atoms with Gasteiger partial charge < -0.3 is 4.90 Å². The van der Waals surface area contributed by atoms with Crippen LogP contribution in [-0.4, -0.2) is 70.5 Å². The van der Waals surface area contributed by atoms with Crippen LogP contribution in [0.3, 0.4) is 0 Å². The molecular weight excluding hydrogens is 418 g/mol. The van der Waals surface area contributed by atoms with Crippen molar-refractivity contribution in [2.45, 2.75) is 38.1 Å². The summed E-state index contributed by atoms with van der Waals surface area (Å²) in [5.74, 6) is -0.847. The smallest absolute Gasteiger partial charge is 0.261 e. The van der Waals surface area contributed by atoms with E-state index in [1.165, 1.54) is 16.2 Å². The molecule has 7 nitrogen and oxygen atoms in total. The molecule has 4 amide bonds. The lowest BCUT2D eigenvalue weighted by Gasteiger charge is -2.38. The molecule has 5 rings (SSSR count). The first-order valence-electron chi connectivity index (χ1n) is 11.7. The molecule has 2 aliphatic heterocycles. The van der Waals surface area contributed by atoms with Gasteiger partial charge >= 0.3 is 0 Å². The molecule has 33 heavy (non-hydrogen) atoms. The van der Waals surface area contributed by atoms with E-state index >= 15 is 0 Å². The van der Waals surface area contributed by atoms with Gasteiger partial charge in [0.2, 0.25) is 0 Å². The highest BCUT2D eigenvalue weighted by molar-refractivity contribution is 6.22. The van der Waals surface area contributed by atoms with Crippen LogP contribution in [0.1, 0.15) is 73.5 Å². The SMILES string of the molecule is O=C1c2ccccc2C(=O)N1CCCN(CCCN1C(=O)c2ccccc2C1=O)C1CCC1. The first kappa shape index (κ1) is 21.5. The molecule has 0 atom stereocenters. The minimum absolute atomic E-state index is 0.212. The third kappa shape index (κ3) is 3.86. The summed E-state index contributed by atoms with van der Waals surface area (Å²) in [5.41, 5.74) is 1.94. The summed E-state index contributed by atoms with van der Waals surface area (Å²) in [6.07, 6.45) is 4.89. The highest BCUT2D eigenvalue weighted by atomic mass is 16.2. The second kappa shape index (κ2) is 8.90. The van der Waals surface area contributed by atoms with Gasteiger partial charge in [-0.05, 0) is 49.9 Å². The molecule has 2 heterocycles. The number of hydrogen-bond donors (Lipinski definition) is 0. The molecule has 0 bridgehead atoms. The summed E-state index contributed by atoms with van der Waals surface area (Å²) in [6.45, 7) is 2.35. The summed E-state index contributed by atoms with van der Waals surface area (Å²) in [6, 6.07) is 14.4. The van der Waals surface area contributed by atoms with E-state index < -0.39 is 0 Å². The fraction of sp³-hybridized carbons (Fsp3) is 0.385. The Morgan fingerprint density at radius 2 is 1.00 bits per heavy atom. The molecule has 1 fully saturated rings. The number of carbonyl (C=O) groups is 4. The van der Waals surface area contributed by atoms with Crippen molar-refractivity contribution in [2.75, 3.05) is 26.2 Å². The van der Waals surface area contributed by atoms with Crippen molar-refractivity contribution >= 4 is 23.6 Å². The second-order valence-corrected chi connectivity index (χ2v) is 8.94. The van der Waals surface area contributed by atoms with Crippen LogP contribution in [0.4, 0.5) is 0 Å². The molecule has 1 saturated carbocycles. The van der Waals surface area contributed by atoms with Crippen LogP contribution < -0.4 is 0 Å². The molecule has 0 N–H and O–H groups in total. The molecule has 2 aromatic rings. The molecule has 0 spiro atoms. The Labute approximate surface area is 193 Å². The second-order valence-electron chi connectivity index (χ2n) is 8.94. The van der Waals surface area contributed by atoms with Gasteiger partial charge in [0, 0.05) is 32.2 Å². The molecule has 0 saturated heterocycles. The van der Waals surface area contributed by atoms with Crippen molar-refractivity contribution in [2.24, 2.45) is 0 Å². The predicted octanol–water partition coefficient (Wildman–Crippen LogP) is 3.21. The maximum absolute atomic E-state index is 12.6. The molecule has 3 aliphatic rings. The minimum Gasteiger partial charge on any atom is -0.300 e. The molecule has 170 valence electrons. The zero-order valence-electron chi connectivity index (χ0n) is 18.5. The third-order valence-corrected chi connectivity index (χ3v) is 7.00. The van der Waals surface area contributed by atoms with Crippen LogP contribution in [0.5, 0.6) is 0 Å². The van der Waals surface area contributed by atoms with Gasteiger partial charge in [-0.3, -0.25) is 29.0 Å². The van der Waals surface area contributed by atoms with Crippen molar-refractivity contribution in [3.05, 3.63) is 70.8 Å². The van der Waals surface area contributed by atoms with Crippen LogP contribution in [0.2, 0.25) is 0 Å². The Kier molecular flexibility index (Phi) is 5.81. The lowest BCUT2D eigenvalue weighted by atomic mass is 9.91. The number of nitrogens with zero attached hydrogens (tertiary/aromatic N) is 3. The maximum Gasteiger partial charge on any atom is 0.261 e. The number of hydrogen-bond acceptors (Lipinski definition) is 5. The number of benzene rings is 2. The number of carbonyl (C=O) groups excluding carboxylic acids is 4. The lowest BCUT2D eigenvalue weighted by molar-refractivity contribution is 0.0631. The summed E-state index contributed by atoms with van der Waals surface area (Å²) in [4.78, 5) is 55.4. The van der Waals surface area contributed by atoms with Crippen molar-refractivity contribution in [1.29, 1.82) is 0 Å². The van der Waals surface area contributed by atoms with Crippen molar-refractivity contribution in [3.8, 4) is 0 Å². The van der Waals surface area contributed by atoms with Crippen LogP contribution >= 0.6 is 0 Å². The number of fused-ring (bicyclic) bond motifs is 2. The van der Waals surface area contributed by atoms with Crippen LogP contribution in [0.15, 0.2) is 48.5 Å². The number of amides is 4. The van der Waals surface area contributed by atoms with Crippen molar-refractivity contribution in [1.82, 2.24) is 14.7 Å². The van der Waals surface area contributed by atoms with E-state index in [9.17, 15) is 19.2 Å². The Balaban J connectivity index is 1.14. The summed E-state index contributed by atoms with van der Waals surface area (Å²) < 4.78 is 0. The van der Waals surface area contributed by atoms with E-state index in [2.05, 4.69) is 4.90 Å². The quantitative estimate of drug-likeness (QED) is 0.554. The topological polar surface area (TPSA) is 78.0 Å². The maximum atomic E-state index is 12.6. The third-order valence-electron chi connectivity index (χ3n) is 7.00. The fourth-order valence-electron chi connectivity index (χ4n) is 4.98. The average Bonchev–Trinajstić information content (AvgIpc) is 3.18. The van der Waals surface area contributed by atoms with E-state index in [4.69, 9.17) is 0 Å². The summed E-state index contributed by atoms with van der Waals surface area (Å²) in [7, 11) is 0. The predicted molar refractivity (Wildman–Crippen MR) is 122 cm³/mol. The van der Waals surface area contributed by atoms with Crippen molar-refractivity contribution in [3.63, 3.8) is 0 Å². The number of rotatable bonds is 9. The fourth-order valence-corrected chi connectivity index (χ4v) is 4.98. The largest absolute Gasteiger partial charge is 0.300 e. The molecule has 0 radical (unpaired) electrons. The molecule has 2 aromatic carbocycles. The van der Waals surface area contributed by atoms with E-state index in [1.807, 2.05) is 0 Å². The van der Waals surface area contributed by atoms with Gasteiger partial charge in [0.05, 0.1) is 22.3 Å². The Morgan fingerprint density at radius 3 is 1.30 bits per heavy atom. The molecule has 7 heteroatoms. The standard InChI is InChI=1S/C26H27N3O4/c30-23-19-10-1-2-11-20(19)24(31)28(23)16-6-14-27(18-8-5-9-18)15-7-17-29-25(32)21-12-3-4-13-22(21)26(29)33/h1-4,10-13,18H,5-9,14-17H2. The molecule has 1 aliphatic carbocycles. The first-order valence-corrected chi connectivity index (χ1v) is 11.7. The number of imide groups is 2. The van der Waals surface area contributed by atoms with Crippen LogP contribution in [-0.2, 0) is 0 Å². The van der Waals surface area contributed by atoms with E-state index in [-0.39, 0.29) is 23.6 Å². The van der Waals surface area contributed by atoms with Gasteiger partial charge in [-0.15, -0.1) is 0 Å². The van der Waals surface area contributed by atoms with E-state index in [0.29, 0.717) is 54.2 Å². The van der Waals surface area contributed by atoms with E-state index in [1.54, 1.807) is 48.5 Å². The lowest BCUT2D eigenvalue weighted by Crippen LogP contribution is -2.43. The molecular formula is C26H27N3O4. The molecule has 0 unspecified atom stereocenters. The van der Waals surface area contributed by atoms with Gasteiger partial charge in [0.1, 0.15) is 0 Å². The van der Waals surface area contributed by atoms with Gasteiger partial charge in [0.25, 0.3) is 23.6 Å². The minimum atomic E-state index is -0.212. The summed E-state index contributed by atoms with van der Waals surface area (Å²) >= 11 is 0. The Morgan fingerprint density at radius 1 is 0.636 bits per heavy atom. The Hall–Kier alpha value is -3.32. The van der Waals surface area contributed by atoms with Gasteiger partial charge in [-0.1, -0.05) is 30.7 Å². The zero-order chi connectivity index (χ0) is 22.9.